The molecule has 2 heterocycles. The van der Waals surface area contributed by atoms with Crippen molar-refractivity contribution < 1.29 is 0 Å². The van der Waals surface area contributed by atoms with E-state index in [1.165, 1.54) is 18.4 Å². The molecule has 0 atom stereocenters. The van der Waals surface area contributed by atoms with E-state index in [0.29, 0.717) is 6.04 Å². The first-order valence-corrected chi connectivity index (χ1v) is 6.97. The Kier molecular flexibility index (Phi) is 2.49. The molecule has 1 aliphatic carbocycles. The van der Waals surface area contributed by atoms with Gasteiger partial charge in [-0.3, -0.25) is 4.98 Å². The van der Waals surface area contributed by atoms with Gasteiger partial charge in [0.15, 0.2) is 0 Å². The van der Waals surface area contributed by atoms with Gasteiger partial charge in [0.05, 0.1) is 11.7 Å². The summed E-state index contributed by atoms with van der Waals surface area (Å²) in [7, 11) is 1.93. The molecular formula is C16H16N4. The van der Waals surface area contributed by atoms with Crippen LogP contribution in [-0.4, -0.2) is 21.6 Å². The molecule has 0 unspecified atom stereocenters. The Morgan fingerprint density at radius 1 is 1.15 bits per heavy atom. The Morgan fingerprint density at radius 2 is 1.95 bits per heavy atom. The maximum absolute atomic E-state index is 4.78. The Bertz CT molecular complexity index is 754. The number of anilines is 1. The van der Waals surface area contributed by atoms with Gasteiger partial charge in [0.25, 0.3) is 0 Å². The summed E-state index contributed by atoms with van der Waals surface area (Å²) < 4.78 is 2.37. The maximum Gasteiger partial charge on any atom is 0.141 e. The fourth-order valence-electron chi connectivity index (χ4n) is 2.64. The van der Waals surface area contributed by atoms with Crippen LogP contribution < -0.4 is 5.32 Å². The fourth-order valence-corrected chi connectivity index (χ4v) is 2.64. The number of aromatic nitrogens is 3. The van der Waals surface area contributed by atoms with Crippen molar-refractivity contribution in [2.24, 2.45) is 0 Å². The molecule has 100 valence electrons. The van der Waals surface area contributed by atoms with E-state index in [2.05, 4.69) is 45.2 Å². The molecule has 0 aliphatic heterocycles. The van der Waals surface area contributed by atoms with Gasteiger partial charge >= 0.3 is 0 Å². The molecule has 1 aromatic carbocycles. The third kappa shape index (κ3) is 1.76. The SMILES string of the molecule is CNc1ccc(-c2nc3cnccc3n2C2CC2)cc1. The summed E-state index contributed by atoms with van der Waals surface area (Å²) in [5.41, 5.74) is 4.44. The van der Waals surface area contributed by atoms with Gasteiger partial charge in [-0.05, 0) is 43.2 Å². The molecule has 0 amide bonds. The molecule has 0 spiro atoms. The van der Waals surface area contributed by atoms with Gasteiger partial charge in [-0.25, -0.2) is 4.98 Å². The largest absolute Gasteiger partial charge is 0.388 e. The Hall–Kier alpha value is -2.36. The quantitative estimate of drug-likeness (QED) is 0.787. The molecule has 2 aromatic heterocycles. The van der Waals surface area contributed by atoms with Gasteiger partial charge in [-0.15, -0.1) is 0 Å². The monoisotopic (exact) mass is 264 g/mol. The predicted molar refractivity (Wildman–Crippen MR) is 80.8 cm³/mol. The van der Waals surface area contributed by atoms with Crippen molar-refractivity contribution in [2.45, 2.75) is 18.9 Å². The molecule has 0 saturated heterocycles. The van der Waals surface area contributed by atoms with Crippen LogP contribution in [0.25, 0.3) is 22.4 Å². The van der Waals surface area contributed by atoms with Crippen LogP contribution in [-0.2, 0) is 0 Å². The zero-order valence-corrected chi connectivity index (χ0v) is 11.4. The van der Waals surface area contributed by atoms with Crippen LogP contribution in [0.4, 0.5) is 5.69 Å². The normalized spacial score (nSPS) is 14.7. The highest BCUT2D eigenvalue weighted by molar-refractivity contribution is 5.80. The zero-order valence-electron chi connectivity index (χ0n) is 11.4. The highest BCUT2D eigenvalue weighted by Crippen LogP contribution is 2.41. The van der Waals surface area contributed by atoms with Gasteiger partial charge < -0.3 is 9.88 Å². The van der Waals surface area contributed by atoms with Gasteiger partial charge in [-0.2, -0.15) is 0 Å². The molecule has 4 heteroatoms. The molecule has 1 fully saturated rings. The minimum absolute atomic E-state index is 0.598. The van der Waals surface area contributed by atoms with E-state index in [0.717, 1.165) is 22.6 Å². The first-order chi connectivity index (χ1) is 9.86. The van der Waals surface area contributed by atoms with Crippen LogP contribution in [0.5, 0.6) is 0 Å². The van der Waals surface area contributed by atoms with E-state index in [9.17, 15) is 0 Å². The van der Waals surface area contributed by atoms with Gasteiger partial charge in [0.2, 0.25) is 0 Å². The second kappa shape index (κ2) is 4.34. The van der Waals surface area contributed by atoms with Crippen molar-refractivity contribution >= 4 is 16.7 Å². The number of benzene rings is 1. The Labute approximate surface area is 117 Å². The van der Waals surface area contributed by atoms with E-state index in [4.69, 9.17) is 4.98 Å². The molecule has 0 radical (unpaired) electrons. The molecule has 4 rings (SSSR count). The average Bonchev–Trinajstić information content (AvgIpc) is 3.27. The lowest BCUT2D eigenvalue weighted by molar-refractivity contribution is 0.775. The van der Waals surface area contributed by atoms with Crippen molar-refractivity contribution in [2.75, 3.05) is 12.4 Å². The molecule has 20 heavy (non-hydrogen) atoms. The van der Waals surface area contributed by atoms with Crippen molar-refractivity contribution in [3.05, 3.63) is 42.7 Å². The minimum atomic E-state index is 0.598. The predicted octanol–water partition coefficient (Wildman–Crippen LogP) is 3.47. The minimum Gasteiger partial charge on any atom is -0.388 e. The maximum atomic E-state index is 4.78. The van der Waals surface area contributed by atoms with Crippen LogP contribution in [0.3, 0.4) is 0 Å². The molecule has 1 aliphatic rings. The number of hydrogen-bond donors (Lipinski definition) is 1. The Balaban J connectivity index is 1.91. The molecule has 1 N–H and O–H groups in total. The number of rotatable bonds is 3. The van der Waals surface area contributed by atoms with Crippen molar-refractivity contribution in [3.8, 4) is 11.4 Å². The van der Waals surface area contributed by atoms with E-state index in [1.807, 2.05) is 19.4 Å². The number of imidazole rings is 1. The first-order valence-electron chi connectivity index (χ1n) is 6.97. The summed E-state index contributed by atoms with van der Waals surface area (Å²) in [5, 5.41) is 3.14. The van der Waals surface area contributed by atoms with E-state index < -0.39 is 0 Å². The number of pyridine rings is 1. The second-order valence-electron chi connectivity index (χ2n) is 5.23. The first kappa shape index (κ1) is 11.5. The number of nitrogens with one attached hydrogen (secondary N) is 1. The van der Waals surface area contributed by atoms with E-state index in [-0.39, 0.29) is 0 Å². The highest BCUT2D eigenvalue weighted by Gasteiger charge is 2.28. The van der Waals surface area contributed by atoms with Crippen LogP contribution in [0.1, 0.15) is 18.9 Å². The summed E-state index contributed by atoms with van der Waals surface area (Å²) in [6.45, 7) is 0. The number of fused-ring (bicyclic) bond motifs is 1. The second-order valence-corrected chi connectivity index (χ2v) is 5.23. The van der Waals surface area contributed by atoms with Crippen molar-refractivity contribution in [1.82, 2.24) is 14.5 Å². The molecule has 4 nitrogen and oxygen atoms in total. The molecule has 0 bridgehead atoms. The lowest BCUT2D eigenvalue weighted by Gasteiger charge is -2.08. The summed E-state index contributed by atoms with van der Waals surface area (Å²) in [6.07, 6.45) is 6.18. The molecule has 3 aromatic rings. The summed E-state index contributed by atoms with van der Waals surface area (Å²) >= 11 is 0. The average molecular weight is 264 g/mol. The van der Waals surface area contributed by atoms with E-state index >= 15 is 0 Å². The lowest BCUT2D eigenvalue weighted by Crippen LogP contribution is -1.97. The third-order valence-corrected chi connectivity index (χ3v) is 3.84. The summed E-state index contributed by atoms with van der Waals surface area (Å²) in [4.78, 5) is 8.96. The van der Waals surface area contributed by atoms with Crippen molar-refractivity contribution in [1.29, 1.82) is 0 Å². The molecular weight excluding hydrogens is 248 g/mol. The lowest BCUT2D eigenvalue weighted by atomic mass is 10.2. The standard InChI is InChI=1S/C16H16N4/c1-17-12-4-2-11(3-5-12)16-19-14-10-18-9-8-15(14)20(16)13-6-7-13/h2-5,8-10,13,17H,6-7H2,1H3. The fraction of sp³-hybridized carbons (Fsp3) is 0.250. The van der Waals surface area contributed by atoms with Gasteiger partial charge in [0, 0.05) is 30.5 Å². The van der Waals surface area contributed by atoms with Gasteiger partial charge in [0.1, 0.15) is 11.3 Å². The molecule has 1 saturated carbocycles. The summed E-state index contributed by atoms with van der Waals surface area (Å²) in [5.74, 6) is 1.05. The number of hydrogen-bond acceptors (Lipinski definition) is 3. The number of nitrogens with zero attached hydrogens (tertiary/aromatic N) is 3. The third-order valence-electron chi connectivity index (χ3n) is 3.84. The van der Waals surface area contributed by atoms with Crippen LogP contribution in [0.2, 0.25) is 0 Å². The smallest absolute Gasteiger partial charge is 0.141 e. The topological polar surface area (TPSA) is 42.7 Å². The zero-order chi connectivity index (χ0) is 13.5. The van der Waals surface area contributed by atoms with Crippen LogP contribution >= 0.6 is 0 Å². The van der Waals surface area contributed by atoms with E-state index in [1.54, 1.807) is 0 Å². The van der Waals surface area contributed by atoms with Gasteiger partial charge in [-0.1, -0.05) is 0 Å². The highest BCUT2D eigenvalue weighted by atomic mass is 15.1. The van der Waals surface area contributed by atoms with Crippen molar-refractivity contribution in [3.63, 3.8) is 0 Å². The van der Waals surface area contributed by atoms with Crippen LogP contribution in [0, 0.1) is 0 Å². The Morgan fingerprint density at radius 3 is 2.65 bits per heavy atom. The summed E-state index contributed by atoms with van der Waals surface area (Å²) in [6, 6.07) is 11.1. The van der Waals surface area contributed by atoms with Crippen LogP contribution in [0.15, 0.2) is 42.7 Å².